The van der Waals surface area contributed by atoms with Crippen LogP contribution in [0.25, 0.3) is 0 Å². The van der Waals surface area contributed by atoms with Gasteiger partial charge < -0.3 is 11.5 Å². The third-order valence-corrected chi connectivity index (χ3v) is 3.53. The normalized spacial score (nSPS) is 25.6. The lowest BCUT2D eigenvalue weighted by Gasteiger charge is -2.28. The lowest BCUT2D eigenvalue weighted by molar-refractivity contribution is -0.384. The van der Waals surface area contributed by atoms with E-state index >= 15 is 0 Å². The van der Waals surface area contributed by atoms with Gasteiger partial charge >= 0.3 is 0 Å². The third-order valence-electron chi connectivity index (χ3n) is 3.53. The van der Waals surface area contributed by atoms with Gasteiger partial charge in [0.2, 0.25) is 0 Å². The van der Waals surface area contributed by atoms with Crippen molar-refractivity contribution in [3.8, 4) is 0 Å². The van der Waals surface area contributed by atoms with E-state index in [-0.39, 0.29) is 11.7 Å². The Hall–Kier alpha value is -2.54. The Labute approximate surface area is 122 Å². The zero-order valence-electron chi connectivity index (χ0n) is 11.9. The number of azo groups is 1. The molecule has 2 unspecified atom stereocenters. The van der Waals surface area contributed by atoms with Crippen LogP contribution in [0.1, 0.15) is 13.8 Å². The fourth-order valence-electron chi connectivity index (χ4n) is 1.99. The van der Waals surface area contributed by atoms with Crippen LogP contribution in [0, 0.1) is 10.1 Å². The first-order valence-corrected chi connectivity index (χ1v) is 6.42. The van der Waals surface area contributed by atoms with E-state index in [1.54, 1.807) is 0 Å². The van der Waals surface area contributed by atoms with Gasteiger partial charge in [-0.2, -0.15) is 10.2 Å². The van der Waals surface area contributed by atoms with Gasteiger partial charge in [0.05, 0.1) is 10.6 Å². The van der Waals surface area contributed by atoms with Gasteiger partial charge in [0, 0.05) is 23.9 Å². The van der Waals surface area contributed by atoms with Crippen LogP contribution in [-0.2, 0) is 0 Å². The van der Waals surface area contributed by atoms with Gasteiger partial charge in [-0.1, -0.05) is 12.2 Å². The number of hydrogen-bond acceptors (Lipinski definition) is 6. The summed E-state index contributed by atoms with van der Waals surface area (Å²) in [4.78, 5) is 10.1. The maximum Gasteiger partial charge on any atom is 0.269 e. The third kappa shape index (κ3) is 2.97. The SMILES string of the molecule is CC1=C(N)C(C)(/N=N/c2ccc([N+](=O)[O-])cc2)C=CC1N. The summed E-state index contributed by atoms with van der Waals surface area (Å²) < 4.78 is 0. The quantitative estimate of drug-likeness (QED) is 0.384. The van der Waals surface area contributed by atoms with Crippen LogP contribution in [0.2, 0.25) is 0 Å². The van der Waals surface area contributed by atoms with Gasteiger partial charge in [-0.15, -0.1) is 0 Å². The molecule has 1 aliphatic carbocycles. The van der Waals surface area contributed by atoms with E-state index in [0.29, 0.717) is 11.4 Å². The summed E-state index contributed by atoms with van der Waals surface area (Å²) in [5.74, 6) is 0. The number of nitro groups is 1. The van der Waals surface area contributed by atoms with Gasteiger partial charge in [-0.05, 0) is 31.6 Å². The molecule has 0 aromatic heterocycles. The summed E-state index contributed by atoms with van der Waals surface area (Å²) in [6.07, 6.45) is 3.65. The molecule has 0 aliphatic heterocycles. The van der Waals surface area contributed by atoms with E-state index in [4.69, 9.17) is 11.5 Å². The first kappa shape index (κ1) is 14.9. The Bertz CT molecular complexity index is 648. The molecular weight excluding hydrogens is 270 g/mol. The monoisotopic (exact) mass is 287 g/mol. The fraction of sp³-hybridized carbons (Fsp3) is 0.286. The average Bonchev–Trinajstić information content (AvgIpc) is 2.48. The molecule has 0 saturated heterocycles. The lowest BCUT2D eigenvalue weighted by atomic mass is 9.87. The van der Waals surface area contributed by atoms with Gasteiger partial charge in [0.1, 0.15) is 5.54 Å². The van der Waals surface area contributed by atoms with Crippen molar-refractivity contribution in [2.75, 3.05) is 0 Å². The Balaban J connectivity index is 2.24. The number of nitro benzene ring substituents is 1. The molecule has 7 nitrogen and oxygen atoms in total. The van der Waals surface area contributed by atoms with Gasteiger partial charge in [0.25, 0.3) is 5.69 Å². The summed E-state index contributed by atoms with van der Waals surface area (Å²) in [5, 5.41) is 19.0. The molecule has 0 spiro atoms. The molecule has 0 saturated carbocycles. The fourth-order valence-corrected chi connectivity index (χ4v) is 1.99. The van der Waals surface area contributed by atoms with Crippen molar-refractivity contribution >= 4 is 11.4 Å². The van der Waals surface area contributed by atoms with E-state index in [1.807, 2.05) is 26.0 Å². The van der Waals surface area contributed by atoms with Crippen LogP contribution in [0.4, 0.5) is 11.4 Å². The van der Waals surface area contributed by atoms with Crippen molar-refractivity contribution in [1.82, 2.24) is 0 Å². The smallest absolute Gasteiger partial charge is 0.269 e. The highest BCUT2D eigenvalue weighted by molar-refractivity contribution is 5.44. The first-order chi connectivity index (χ1) is 9.83. The summed E-state index contributed by atoms with van der Waals surface area (Å²) in [7, 11) is 0. The van der Waals surface area contributed by atoms with Crippen molar-refractivity contribution < 1.29 is 4.92 Å². The van der Waals surface area contributed by atoms with Gasteiger partial charge in [-0.3, -0.25) is 10.1 Å². The molecule has 21 heavy (non-hydrogen) atoms. The van der Waals surface area contributed by atoms with Crippen molar-refractivity contribution in [3.63, 3.8) is 0 Å². The minimum absolute atomic E-state index is 0.0129. The summed E-state index contributed by atoms with van der Waals surface area (Å²) in [5.41, 5.74) is 13.2. The summed E-state index contributed by atoms with van der Waals surface area (Å²) in [6.45, 7) is 3.70. The Morgan fingerprint density at radius 2 is 1.95 bits per heavy atom. The number of benzene rings is 1. The van der Waals surface area contributed by atoms with Gasteiger partial charge in [-0.25, -0.2) is 0 Å². The van der Waals surface area contributed by atoms with Crippen molar-refractivity contribution in [1.29, 1.82) is 0 Å². The molecule has 1 aromatic rings. The summed E-state index contributed by atoms with van der Waals surface area (Å²) >= 11 is 0. The highest BCUT2D eigenvalue weighted by Gasteiger charge is 2.30. The second-order valence-corrected chi connectivity index (χ2v) is 5.10. The molecule has 0 bridgehead atoms. The zero-order chi connectivity index (χ0) is 15.6. The minimum atomic E-state index is -0.748. The molecule has 110 valence electrons. The van der Waals surface area contributed by atoms with Crippen molar-refractivity contribution in [2.24, 2.45) is 21.7 Å². The minimum Gasteiger partial charge on any atom is -0.400 e. The van der Waals surface area contributed by atoms with E-state index in [2.05, 4.69) is 10.2 Å². The molecule has 1 aliphatic rings. The number of non-ortho nitro benzene ring substituents is 1. The maximum absolute atomic E-state index is 10.6. The number of rotatable bonds is 3. The largest absolute Gasteiger partial charge is 0.400 e. The average molecular weight is 287 g/mol. The zero-order valence-corrected chi connectivity index (χ0v) is 11.9. The molecule has 0 fully saturated rings. The molecule has 2 atom stereocenters. The van der Waals surface area contributed by atoms with Crippen LogP contribution in [0.15, 0.2) is 57.9 Å². The Kier molecular flexibility index (Phi) is 3.86. The standard InChI is InChI=1S/C14H17N5O2/c1-9-12(15)7-8-14(2,13(9)16)18-17-10-3-5-11(6-4-10)19(20)21/h3-8,12H,15-16H2,1-2H3/b18-17+. The molecule has 7 heteroatoms. The van der Waals surface area contributed by atoms with Crippen LogP contribution in [0.5, 0.6) is 0 Å². The van der Waals surface area contributed by atoms with Crippen LogP contribution >= 0.6 is 0 Å². The van der Waals surface area contributed by atoms with Crippen LogP contribution in [0.3, 0.4) is 0 Å². The van der Waals surface area contributed by atoms with Crippen molar-refractivity contribution in [3.05, 3.63) is 57.8 Å². The maximum atomic E-state index is 10.6. The van der Waals surface area contributed by atoms with Crippen LogP contribution < -0.4 is 11.5 Å². The molecule has 4 N–H and O–H groups in total. The molecule has 1 aromatic carbocycles. The second-order valence-electron chi connectivity index (χ2n) is 5.10. The second kappa shape index (κ2) is 5.45. The predicted octanol–water partition coefficient (Wildman–Crippen LogP) is 2.57. The molecule has 0 radical (unpaired) electrons. The van der Waals surface area contributed by atoms with E-state index < -0.39 is 10.5 Å². The molecular formula is C14H17N5O2. The van der Waals surface area contributed by atoms with E-state index in [0.717, 1.165) is 5.57 Å². The van der Waals surface area contributed by atoms with Crippen LogP contribution in [-0.4, -0.2) is 16.5 Å². The molecule has 2 rings (SSSR count). The number of nitrogens with two attached hydrogens (primary N) is 2. The van der Waals surface area contributed by atoms with E-state index in [1.165, 1.54) is 24.3 Å². The predicted molar refractivity (Wildman–Crippen MR) is 80.0 cm³/mol. The van der Waals surface area contributed by atoms with Gasteiger partial charge in [0.15, 0.2) is 0 Å². The topological polar surface area (TPSA) is 120 Å². The van der Waals surface area contributed by atoms with Crippen molar-refractivity contribution in [2.45, 2.75) is 25.4 Å². The highest BCUT2D eigenvalue weighted by Crippen LogP contribution is 2.30. The Morgan fingerprint density at radius 3 is 2.52 bits per heavy atom. The number of hydrogen-bond donors (Lipinski definition) is 2. The highest BCUT2D eigenvalue weighted by atomic mass is 16.6. The summed E-state index contributed by atoms with van der Waals surface area (Å²) in [6, 6.07) is 5.64. The number of nitrogens with zero attached hydrogens (tertiary/aromatic N) is 3. The first-order valence-electron chi connectivity index (χ1n) is 6.42. The molecule has 0 amide bonds. The lowest BCUT2D eigenvalue weighted by Crippen LogP contribution is -2.37. The van der Waals surface area contributed by atoms with E-state index in [9.17, 15) is 10.1 Å². The molecule has 0 heterocycles. The Morgan fingerprint density at radius 1 is 1.33 bits per heavy atom.